The Morgan fingerprint density at radius 3 is 2.23 bits per heavy atom. The number of nitrogens with two attached hydrogens (primary N) is 1. The summed E-state index contributed by atoms with van der Waals surface area (Å²) in [5.74, 6) is -0.945. The fraction of sp³-hybridized carbons (Fsp3) is 0.412. The molecule has 0 heterocycles. The fourth-order valence-corrected chi connectivity index (χ4v) is 1.98. The van der Waals surface area contributed by atoms with Gasteiger partial charge in [-0.05, 0) is 57.0 Å². The average molecular weight is 374 g/mol. The number of carbonyl (C=O) groups excluding carboxylic acids is 2. The minimum atomic E-state index is -4.66. The van der Waals surface area contributed by atoms with E-state index < -0.39 is 35.1 Å². The van der Waals surface area contributed by atoms with Crippen LogP contribution in [0.1, 0.15) is 37.5 Å². The molecule has 0 unspecified atom stereocenters. The summed E-state index contributed by atoms with van der Waals surface area (Å²) in [6.07, 6.45) is -4.56. The van der Waals surface area contributed by atoms with Crippen LogP contribution in [0.25, 0.3) is 6.08 Å². The van der Waals surface area contributed by atoms with E-state index in [0.29, 0.717) is 0 Å². The van der Waals surface area contributed by atoms with Crippen LogP contribution in [0.2, 0.25) is 0 Å². The first-order chi connectivity index (χ1) is 11.7. The standard InChI is InChI=1S/C17H21F3N2O4/c1-9-6-10(7-11(13(9)21)17(18,19)20)8-12(14(23)25-5)22-15(24)26-16(2,3)4/h6-8H,21H2,1-5H3,(H,22,24)/b12-8-. The number of nitrogen functional groups attached to an aromatic ring is 1. The maximum Gasteiger partial charge on any atom is 0.418 e. The Bertz CT molecular complexity index is 735. The van der Waals surface area contributed by atoms with Gasteiger partial charge in [0.15, 0.2) is 0 Å². The van der Waals surface area contributed by atoms with E-state index in [4.69, 9.17) is 10.5 Å². The van der Waals surface area contributed by atoms with Gasteiger partial charge in [0.25, 0.3) is 0 Å². The second-order valence-corrected chi connectivity index (χ2v) is 6.47. The third kappa shape index (κ3) is 5.98. The molecule has 144 valence electrons. The second-order valence-electron chi connectivity index (χ2n) is 6.47. The van der Waals surface area contributed by atoms with E-state index in [1.165, 1.54) is 13.0 Å². The first kappa shape index (κ1) is 21.3. The SMILES string of the molecule is COC(=O)/C(=C/c1cc(C)c(N)c(C(F)(F)F)c1)NC(=O)OC(C)(C)C. The molecule has 0 saturated carbocycles. The van der Waals surface area contributed by atoms with Gasteiger partial charge in [-0.25, -0.2) is 9.59 Å². The third-order valence-corrected chi connectivity index (χ3v) is 3.07. The maximum absolute atomic E-state index is 13.1. The second kappa shape index (κ2) is 7.67. The van der Waals surface area contributed by atoms with Crippen molar-refractivity contribution in [1.29, 1.82) is 0 Å². The molecule has 3 N–H and O–H groups in total. The molecule has 0 aliphatic heterocycles. The Balaban J connectivity index is 3.31. The summed E-state index contributed by atoms with van der Waals surface area (Å²) in [6.45, 7) is 6.26. The quantitative estimate of drug-likeness (QED) is 0.479. The van der Waals surface area contributed by atoms with Gasteiger partial charge in [0.1, 0.15) is 11.3 Å². The van der Waals surface area contributed by atoms with Gasteiger partial charge < -0.3 is 15.2 Å². The average Bonchev–Trinajstić information content (AvgIpc) is 2.46. The molecular formula is C17H21F3N2O4. The number of esters is 1. The van der Waals surface area contributed by atoms with Crippen LogP contribution in [0, 0.1) is 6.92 Å². The number of benzene rings is 1. The van der Waals surface area contributed by atoms with Crippen LogP contribution in [0.15, 0.2) is 17.8 Å². The van der Waals surface area contributed by atoms with E-state index in [1.54, 1.807) is 20.8 Å². The molecule has 9 heteroatoms. The maximum atomic E-state index is 13.1. The van der Waals surface area contributed by atoms with Gasteiger partial charge in [-0.15, -0.1) is 0 Å². The highest BCUT2D eigenvalue weighted by Gasteiger charge is 2.34. The number of ether oxygens (including phenoxy) is 2. The molecule has 6 nitrogen and oxygen atoms in total. The highest BCUT2D eigenvalue weighted by molar-refractivity contribution is 5.96. The predicted octanol–water partition coefficient (Wildman–Crippen LogP) is 3.63. The van der Waals surface area contributed by atoms with Gasteiger partial charge in [0.2, 0.25) is 0 Å². The van der Waals surface area contributed by atoms with Gasteiger partial charge in [0, 0.05) is 5.69 Å². The highest BCUT2D eigenvalue weighted by atomic mass is 19.4. The number of hydrogen-bond acceptors (Lipinski definition) is 5. The van der Waals surface area contributed by atoms with Crippen LogP contribution >= 0.6 is 0 Å². The molecule has 1 amide bonds. The molecule has 0 atom stereocenters. The summed E-state index contributed by atoms with van der Waals surface area (Å²) in [4.78, 5) is 23.7. The van der Waals surface area contributed by atoms with E-state index >= 15 is 0 Å². The number of hydrogen-bond donors (Lipinski definition) is 2. The van der Waals surface area contributed by atoms with Crippen molar-refractivity contribution in [3.05, 3.63) is 34.5 Å². The van der Waals surface area contributed by atoms with Crippen molar-refractivity contribution < 1.29 is 32.2 Å². The van der Waals surface area contributed by atoms with Gasteiger partial charge >= 0.3 is 18.2 Å². The first-order valence-electron chi connectivity index (χ1n) is 7.52. The largest absolute Gasteiger partial charge is 0.464 e. The van der Waals surface area contributed by atoms with Crippen molar-refractivity contribution in [3.63, 3.8) is 0 Å². The minimum Gasteiger partial charge on any atom is -0.464 e. The molecule has 0 saturated heterocycles. The number of nitrogens with one attached hydrogen (secondary N) is 1. The molecule has 0 aliphatic rings. The normalized spacial score (nSPS) is 12.5. The summed E-state index contributed by atoms with van der Waals surface area (Å²) >= 11 is 0. The van der Waals surface area contributed by atoms with Gasteiger partial charge in [-0.1, -0.05) is 0 Å². The van der Waals surface area contributed by atoms with E-state index in [9.17, 15) is 22.8 Å². The lowest BCUT2D eigenvalue weighted by Gasteiger charge is -2.20. The number of alkyl carbamates (subject to hydrolysis) is 1. The molecule has 1 aromatic rings. The number of aryl methyl sites for hydroxylation is 1. The monoisotopic (exact) mass is 374 g/mol. The molecule has 0 bridgehead atoms. The van der Waals surface area contributed by atoms with Crippen molar-refractivity contribution in [3.8, 4) is 0 Å². The van der Waals surface area contributed by atoms with E-state index in [2.05, 4.69) is 10.1 Å². The van der Waals surface area contributed by atoms with Crippen LogP contribution < -0.4 is 11.1 Å². The zero-order valence-corrected chi connectivity index (χ0v) is 15.1. The van der Waals surface area contributed by atoms with E-state index in [-0.39, 0.29) is 16.8 Å². The molecule has 0 aromatic heterocycles. The number of amides is 1. The molecular weight excluding hydrogens is 353 g/mol. The summed E-state index contributed by atoms with van der Waals surface area (Å²) in [5, 5.41) is 2.18. The zero-order chi connectivity index (χ0) is 20.3. The molecule has 1 rings (SSSR count). The highest BCUT2D eigenvalue weighted by Crippen LogP contribution is 2.36. The Morgan fingerprint density at radius 2 is 1.77 bits per heavy atom. The molecule has 0 spiro atoms. The van der Waals surface area contributed by atoms with Crippen molar-refractivity contribution >= 4 is 23.8 Å². The van der Waals surface area contributed by atoms with Gasteiger partial charge in [-0.3, -0.25) is 5.32 Å². The summed E-state index contributed by atoms with van der Waals surface area (Å²) in [5.41, 5.74) is 3.02. The third-order valence-electron chi connectivity index (χ3n) is 3.07. The lowest BCUT2D eigenvalue weighted by Crippen LogP contribution is -2.34. The molecule has 0 fully saturated rings. The Hall–Kier alpha value is -2.71. The molecule has 0 radical (unpaired) electrons. The first-order valence-corrected chi connectivity index (χ1v) is 7.52. The number of methoxy groups -OCH3 is 1. The number of anilines is 1. The number of halogens is 3. The summed E-state index contributed by atoms with van der Waals surface area (Å²) < 4.78 is 48.8. The lowest BCUT2D eigenvalue weighted by molar-refractivity contribution is -0.137. The van der Waals surface area contributed by atoms with E-state index in [1.807, 2.05) is 0 Å². The molecule has 0 aliphatic carbocycles. The summed E-state index contributed by atoms with van der Waals surface area (Å²) in [6, 6.07) is 2.13. The van der Waals surface area contributed by atoms with Crippen molar-refractivity contribution in [2.24, 2.45) is 0 Å². The smallest absolute Gasteiger partial charge is 0.418 e. The lowest BCUT2D eigenvalue weighted by atomic mass is 10.0. The Morgan fingerprint density at radius 1 is 1.19 bits per heavy atom. The van der Waals surface area contributed by atoms with Gasteiger partial charge in [-0.2, -0.15) is 13.2 Å². The Kier molecular flexibility index (Phi) is 6.29. The van der Waals surface area contributed by atoms with E-state index in [0.717, 1.165) is 19.3 Å². The van der Waals surface area contributed by atoms with Crippen molar-refractivity contribution in [2.75, 3.05) is 12.8 Å². The van der Waals surface area contributed by atoms with Crippen molar-refractivity contribution in [1.82, 2.24) is 5.32 Å². The molecule has 26 heavy (non-hydrogen) atoms. The Labute approximate surface area is 149 Å². The zero-order valence-electron chi connectivity index (χ0n) is 15.1. The molecule has 1 aromatic carbocycles. The number of alkyl halides is 3. The van der Waals surface area contributed by atoms with Crippen LogP contribution in [0.5, 0.6) is 0 Å². The van der Waals surface area contributed by atoms with Crippen LogP contribution in [0.4, 0.5) is 23.7 Å². The topological polar surface area (TPSA) is 90.6 Å². The van der Waals surface area contributed by atoms with Crippen LogP contribution in [0.3, 0.4) is 0 Å². The van der Waals surface area contributed by atoms with Crippen LogP contribution in [-0.2, 0) is 20.4 Å². The number of rotatable bonds is 3. The minimum absolute atomic E-state index is 0.0143. The predicted molar refractivity (Wildman–Crippen MR) is 90.0 cm³/mol. The van der Waals surface area contributed by atoms with Crippen LogP contribution in [-0.4, -0.2) is 24.8 Å². The number of carbonyl (C=O) groups is 2. The summed E-state index contributed by atoms with van der Waals surface area (Å²) in [7, 11) is 1.07. The van der Waals surface area contributed by atoms with Gasteiger partial charge in [0.05, 0.1) is 12.7 Å². The van der Waals surface area contributed by atoms with Crippen molar-refractivity contribution in [2.45, 2.75) is 39.5 Å². The fourth-order valence-electron chi connectivity index (χ4n) is 1.98.